The fourth-order valence-corrected chi connectivity index (χ4v) is 20.6. The molecule has 96 valence electrons. The molecule has 1 aromatic rings. The second kappa shape index (κ2) is 5.29. The van der Waals surface area contributed by atoms with E-state index in [1.165, 1.54) is 0 Å². The molecule has 2 nitrogen and oxygen atoms in total. The molecule has 0 heterocycles. The van der Waals surface area contributed by atoms with Crippen LogP contribution in [0, 0.1) is 0 Å². The molecular formula is C14H26N2Sn. The number of benzene rings is 1. The van der Waals surface area contributed by atoms with Crippen molar-refractivity contribution in [3.05, 3.63) is 30.3 Å². The van der Waals surface area contributed by atoms with Crippen molar-refractivity contribution in [3.8, 4) is 0 Å². The van der Waals surface area contributed by atoms with Crippen LogP contribution in [0.2, 0.25) is 3.43 Å². The molecule has 0 amide bonds. The van der Waals surface area contributed by atoms with E-state index in [9.17, 15) is 0 Å². The Morgan fingerprint density at radius 2 is 1.24 bits per heavy atom. The summed E-state index contributed by atoms with van der Waals surface area (Å²) in [5, 5.41) is 0. The molecule has 0 bridgehead atoms. The van der Waals surface area contributed by atoms with Gasteiger partial charge in [0.25, 0.3) is 0 Å². The van der Waals surface area contributed by atoms with Crippen molar-refractivity contribution < 1.29 is 0 Å². The summed E-state index contributed by atoms with van der Waals surface area (Å²) in [4.78, 5) is 0. The molecule has 1 rings (SSSR count). The summed E-state index contributed by atoms with van der Waals surface area (Å²) in [5.74, 6) is 0. The Hall–Kier alpha value is -0.0613. The predicted molar refractivity (Wildman–Crippen MR) is 78.9 cm³/mol. The molecule has 0 N–H and O–H groups in total. The third-order valence-electron chi connectivity index (χ3n) is 3.52. The summed E-state index contributed by atoms with van der Waals surface area (Å²) >= 11 is -2.76. The van der Waals surface area contributed by atoms with E-state index in [1.54, 1.807) is 3.58 Å². The first-order chi connectivity index (χ1) is 7.74. The minimum absolute atomic E-state index is 0.322. The predicted octanol–water partition coefficient (Wildman–Crippen LogP) is 2.26. The van der Waals surface area contributed by atoms with Gasteiger partial charge in [-0.25, -0.2) is 0 Å². The van der Waals surface area contributed by atoms with Gasteiger partial charge < -0.3 is 0 Å². The first-order valence-electron chi connectivity index (χ1n) is 6.15. The molecule has 0 aromatic heterocycles. The molecule has 0 aliphatic rings. The van der Waals surface area contributed by atoms with Crippen LogP contribution in [0.15, 0.2) is 30.3 Å². The van der Waals surface area contributed by atoms with Crippen LogP contribution in [0.3, 0.4) is 0 Å². The van der Waals surface area contributed by atoms with Crippen LogP contribution in [0.25, 0.3) is 0 Å². The molecule has 0 saturated carbocycles. The molecule has 0 spiro atoms. The van der Waals surface area contributed by atoms with Gasteiger partial charge in [0.1, 0.15) is 0 Å². The first-order valence-corrected chi connectivity index (χ1v) is 11.6. The van der Waals surface area contributed by atoms with Crippen LogP contribution >= 0.6 is 0 Å². The van der Waals surface area contributed by atoms with Crippen LogP contribution < -0.4 is 3.58 Å². The molecular weight excluding hydrogens is 315 g/mol. The average Bonchev–Trinajstić information content (AvgIpc) is 2.16. The molecule has 0 aliphatic carbocycles. The van der Waals surface area contributed by atoms with E-state index in [0.29, 0.717) is 3.43 Å². The van der Waals surface area contributed by atoms with Crippen LogP contribution in [0.4, 0.5) is 0 Å². The van der Waals surface area contributed by atoms with Gasteiger partial charge in [-0.15, -0.1) is 0 Å². The fourth-order valence-electron chi connectivity index (χ4n) is 3.36. The third-order valence-corrected chi connectivity index (χ3v) is 20.1. The van der Waals surface area contributed by atoms with Crippen molar-refractivity contribution in [1.29, 1.82) is 0 Å². The van der Waals surface area contributed by atoms with E-state index < -0.39 is 18.9 Å². The zero-order valence-electron chi connectivity index (χ0n) is 12.3. The Kier molecular flexibility index (Phi) is 4.66. The van der Waals surface area contributed by atoms with Crippen molar-refractivity contribution in [3.63, 3.8) is 0 Å². The maximum atomic E-state index is 2.52. The summed E-state index contributed by atoms with van der Waals surface area (Å²) in [6, 6.07) is 11.1. The van der Waals surface area contributed by atoms with Crippen molar-refractivity contribution in [2.24, 2.45) is 0 Å². The summed E-state index contributed by atoms with van der Waals surface area (Å²) in [7, 11) is 8.98. The quantitative estimate of drug-likeness (QED) is 0.779. The Labute approximate surface area is 111 Å². The number of rotatable bonds is 3. The maximum absolute atomic E-state index is 2.76. The second-order valence-corrected chi connectivity index (χ2v) is 20.9. The standard InChI is InChI=1S/C6H5.C4H9.2C2H6N.Sn/c1-2-4-6-5-3-1;1-4(2)3;2*1-3-2;/h1-5H;1-3H3;2*1-2H3;/q;;2*-1;+2. The number of nitrogens with zero attached hydrogens (tertiary/aromatic N) is 2. The monoisotopic (exact) mass is 342 g/mol. The van der Waals surface area contributed by atoms with Gasteiger partial charge in [0, 0.05) is 0 Å². The molecule has 0 fully saturated rings. The van der Waals surface area contributed by atoms with Gasteiger partial charge in [-0.1, -0.05) is 0 Å². The van der Waals surface area contributed by atoms with Crippen molar-refractivity contribution in [1.82, 2.24) is 6.24 Å². The van der Waals surface area contributed by atoms with Gasteiger partial charge in [0.05, 0.1) is 0 Å². The summed E-state index contributed by atoms with van der Waals surface area (Å²) in [6.07, 6.45) is 0. The van der Waals surface area contributed by atoms with E-state index in [0.717, 1.165) is 0 Å². The van der Waals surface area contributed by atoms with E-state index in [-0.39, 0.29) is 0 Å². The molecule has 3 heteroatoms. The van der Waals surface area contributed by atoms with Gasteiger partial charge >= 0.3 is 111 Å². The first kappa shape index (κ1) is 15.0. The Morgan fingerprint density at radius 1 is 0.824 bits per heavy atom. The van der Waals surface area contributed by atoms with Crippen LogP contribution in [0.5, 0.6) is 0 Å². The molecule has 0 radical (unpaired) electrons. The van der Waals surface area contributed by atoms with Gasteiger partial charge in [-0.2, -0.15) is 0 Å². The van der Waals surface area contributed by atoms with E-state index in [1.807, 2.05) is 0 Å². The van der Waals surface area contributed by atoms with Crippen molar-refractivity contribution >= 4 is 22.5 Å². The van der Waals surface area contributed by atoms with E-state index >= 15 is 0 Å². The van der Waals surface area contributed by atoms with Crippen LogP contribution in [-0.2, 0) is 0 Å². The minimum atomic E-state index is -2.76. The van der Waals surface area contributed by atoms with Gasteiger partial charge in [-0.3, -0.25) is 0 Å². The topological polar surface area (TPSA) is 6.48 Å². The number of hydrogen-bond acceptors (Lipinski definition) is 2. The molecule has 0 atom stereocenters. The SMILES string of the molecule is C[N](C)[Sn]([c]1ccccc1)([N](C)C)[C](C)(C)C. The Balaban J connectivity index is 3.48. The zero-order chi connectivity index (χ0) is 13.3. The van der Waals surface area contributed by atoms with Crippen molar-refractivity contribution in [2.45, 2.75) is 24.2 Å². The van der Waals surface area contributed by atoms with E-state index in [2.05, 4.69) is 85.5 Å². The van der Waals surface area contributed by atoms with Gasteiger partial charge in [0.2, 0.25) is 0 Å². The summed E-state index contributed by atoms with van der Waals surface area (Å²) in [6.45, 7) is 7.15. The Morgan fingerprint density at radius 3 is 1.53 bits per heavy atom. The molecule has 0 aliphatic heterocycles. The van der Waals surface area contributed by atoms with E-state index in [4.69, 9.17) is 0 Å². The molecule has 17 heavy (non-hydrogen) atoms. The molecule has 1 aromatic carbocycles. The van der Waals surface area contributed by atoms with Gasteiger partial charge in [-0.05, 0) is 0 Å². The van der Waals surface area contributed by atoms with Crippen LogP contribution in [0.1, 0.15) is 20.8 Å². The summed E-state index contributed by atoms with van der Waals surface area (Å²) < 4.78 is 6.90. The van der Waals surface area contributed by atoms with Crippen LogP contribution in [-0.4, -0.2) is 53.4 Å². The average molecular weight is 341 g/mol. The van der Waals surface area contributed by atoms with Gasteiger partial charge in [0.15, 0.2) is 0 Å². The number of hydrogen-bond donors (Lipinski definition) is 0. The summed E-state index contributed by atoms with van der Waals surface area (Å²) in [5.41, 5.74) is 0. The molecule has 0 saturated heterocycles. The zero-order valence-corrected chi connectivity index (χ0v) is 15.1. The molecule has 0 unspecified atom stereocenters. The normalized spacial score (nSPS) is 13.5. The third kappa shape index (κ3) is 2.54. The van der Waals surface area contributed by atoms with Crippen molar-refractivity contribution in [2.75, 3.05) is 28.2 Å². The Bertz CT molecular complexity index is 344. The second-order valence-electron chi connectivity index (χ2n) is 6.08. The fraction of sp³-hybridized carbons (Fsp3) is 0.571.